The van der Waals surface area contributed by atoms with Crippen LogP contribution in [-0.4, -0.2) is 12.5 Å². The molecule has 0 radical (unpaired) electrons. The second-order valence-corrected chi connectivity index (χ2v) is 4.80. The van der Waals surface area contributed by atoms with Gasteiger partial charge in [-0.05, 0) is 49.2 Å². The van der Waals surface area contributed by atoms with Gasteiger partial charge in [0, 0.05) is 16.8 Å². The Kier molecular flexibility index (Phi) is 4.76. The molecule has 2 rings (SSSR count). The minimum Gasteiger partial charge on any atom is -0.322 e. The molecule has 0 spiro atoms. The molecule has 3 heteroatoms. The Hall–Kier alpha value is -2.57. The van der Waals surface area contributed by atoms with Crippen molar-refractivity contribution in [3.63, 3.8) is 0 Å². The molecule has 0 heterocycles. The summed E-state index contributed by atoms with van der Waals surface area (Å²) in [5.74, 6) is 5.69. The number of carbonyl (C=O) groups is 1. The molecule has 2 aromatic carbocycles. The zero-order chi connectivity index (χ0) is 15.2. The fourth-order valence-electron chi connectivity index (χ4n) is 2.05. The fraction of sp³-hybridized carbons (Fsp3) is 0.167. The van der Waals surface area contributed by atoms with Crippen LogP contribution in [0.1, 0.15) is 27.0 Å². The lowest BCUT2D eigenvalue weighted by atomic mass is 10.1. The van der Waals surface area contributed by atoms with Crippen molar-refractivity contribution < 1.29 is 4.79 Å². The molecule has 1 amide bonds. The topological polar surface area (TPSA) is 55.1 Å². The number of benzene rings is 2. The lowest BCUT2D eigenvalue weighted by molar-refractivity contribution is 0.102. The Bertz CT molecular complexity index is 723. The first-order valence-electron chi connectivity index (χ1n) is 6.78. The van der Waals surface area contributed by atoms with E-state index in [0.29, 0.717) is 12.1 Å². The second-order valence-electron chi connectivity index (χ2n) is 4.80. The third-order valence-corrected chi connectivity index (χ3v) is 3.20. The van der Waals surface area contributed by atoms with Crippen LogP contribution in [0.5, 0.6) is 0 Å². The summed E-state index contributed by atoms with van der Waals surface area (Å²) in [6.07, 6.45) is 0. The highest BCUT2D eigenvalue weighted by Crippen LogP contribution is 2.18. The van der Waals surface area contributed by atoms with Crippen molar-refractivity contribution in [1.29, 1.82) is 0 Å². The van der Waals surface area contributed by atoms with Gasteiger partial charge in [0.25, 0.3) is 5.91 Å². The molecule has 2 aromatic rings. The highest BCUT2D eigenvalue weighted by atomic mass is 16.1. The lowest BCUT2D eigenvalue weighted by Gasteiger charge is -2.10. The molecule has 0 saturated heterocycles. The van der Waals surface area contributed by atoms with Crippen molar-refractivity contribution in [3.8, 4) is 11.8 Å². The number of anilines is 1. The zero-order valence-electron chi connectivity index (χ0n) is 12.2. The normalized spacial score (nSPS) is 9.67. The molecule has 0 atom stereocenters. The van der Waals surface area contributed by atoms with E-state index in [1.165, 1.54) is 0 Å². The largest absolute Gasteiger partial charge is 0.322 e. The van der Waals surface area contributed by atoms with Crippen molar-refractivity contribution in [2.75, 3.05) is 11.9 Å². The number of nitrogens with one attached hydrogen (secondary N) is 1. The Balaban J connectivity index is 2.20. The molecule has 0 bridgehead atoms. The predicted molar refractivity (Wildman–Crippen MR) is 86.2 cm³/mol. The van der Waals surface area contributed by atoms with Gasteiger partial charge in [0.05, 0.1) is 6.54 Å². The molecular weight excluding hydrogens is 260 g/mol. The van der Waals surface area contributed by atoms with Gasteiger partial charge >= 0.3 is 0 Å². The van der Waals surface area contributed by atoms with Gasteiger partial charge in [0.15, 0.2) is 0 Å². The van der Waals surface area contributed by atoms with E-state index in [1.807, 2.05) is 56.3 Å². The molecule has 106 valence electrons. The number of rotatable bonds is 2. The fourth-order valence-corrected chi connectivity index (χ4v) is 2.05. The summed E-state index contributed by atoms with van der Waals surface area (Å²) < 4.78 is 0. The number of carbonyl (C=O) groups excluding carboxylic acids is 1. The quantitative estimate of drug-likeness (QED) is 0.830. The van der Waals surface area contributed by atoms with Crippen molar-refractivity contribution in [2.45, 2.75) is 13.8 Å². The van der Waals surface area contributed by atoms with Crippen LogP contribution in [0, 0.1) is 25.7 Å². The van der Waals surface area contributed by atoms with Crippen LogP contribution >= 0.6 is 0 Å². The molecule has 3 nitrogen and oxygen atoms in total. The molecule has 0 aliphatic carbocycles. The first-order valence-corrected chi connectivity index (χ1v) is 6.78. The van der Waals surface area contributed by atoms with Crippen molar-refractivity contribution in [2.24, 2.45) is 5.73 Å². The Labute approximate surface area is 125 Å². The van der Waals surface area contributed by atoms with Crippen LogP contribution in [0.15, 0.2) is 42.5 Å². The molecule has 0 saturated carbocycles. The zero-order valence-corrected chi connectivity index (χ0v) is 12.2. The maximum absolute atomic E-state index is 12.3. The molecule has 0 fully saturated rings. The van der Waals surface area contributed by atoms with Gasteiger partial charge in [0.1, 0.15) is 0 Å². The molecular formula is C18H18N2O. The van der Waals surface area contributed by atoms with Gasteiger partial charge in [-0.15, -0.1) is 0 Å². The van der Waals surface area contributed by atoms with Gasteiger partial charge in [-0.25, -0.2) is 0 Å². The van der Waals surface area contributed by atoms with Gasteiger partial charge in [0.2, 0.25) is 0 Å². The maximum atomic E-state index is 12.3. The Morgan fingerprint density at radius 2 is 1.90 bits per heavy atom. The van der Waals surface area contributed by atoms with Crippen molar-refractivity contribution in [1.82, 2.24) is 0 Å². The van der Waals surface area contributed by atoms with E-state index in [9.17, 15) is 4.79 Å². The number of hydrogen-bond acceptors (Lipinski definition) is 2. The van der Waals surface area contributed by atoms with Crippen LogP contribution in [0.25, 0.3) is 0 Å². The Morgan fingerprint density at radius 3 is 2.57 bits per heavy atom. The third kappa shape index (κ3) is 3.71. The standard InChI is InChI=1S/C18H18N2O/c1-13-6-3-4-8-16(13)18(21)20-17-10-9-15(7-5-11-19)12-14(17)2/h3-4,6,8-10,12H,11,19H2,1-2H3,(H,20,21). The van der Waals surface area contributed by atoms with Gasteiger partial charge < -0.3 is 11.1 Å². The number of aryl methyl sites for hydroxylation is 2. The van der Waals surface area contributed by atoms with Crippen LogP contribution in [0.2, 0.25) is 0 Å². The SMILES string of the molecule is Cc1cc(C#CCN)ccc1NC(=O)c1ccccc1C. The molecule has 0 aliphatic heterocycles. The van der Waals surface area contributed by atoms with Crippen molar-refractivity contribution in [3.05, 3.63) is 64.7 Å². The smallest absolute Gasteiger partial charge is 0.255 e. The Morgan fingerprint density at radius 1 is 1.14 bits per heavy atom. The minimum absolute atomic E-state index is 0.100. The number of nitrogens with two attached hydrogens (primary N) is 1. The highest BCUT2D eigenvalue weighted by molar-refractivity contribution is 6.05. The predicted octanol–water partition coefficient (Wildman–Crippen LogP) is 2.87. The van der Waals surface area contributed by atoms with Crippen LogP contribution < -0.4 is 11.1 Å². The molecule has 21 heavy (non-hydrogen) atoms. The summed E-state index contributed by atoms with van der Waals surface area (Å²) in [5.41, 5.74) is 9.66. The summed E-state index contributed by atoms with van der Waals surface area (Å²) in [7, 11) is 0. The van der Waals surface area contributed by atoms with E-state index in [0.717, 1.165) is 22.4 Å². The van der Waals surface area contributed by atoms with Crippen molar-refractivity contribution >= 4 is 11.6 Å². The molecule has 0 aromatic heterocycles. The summed E-state index contributed by atoms with van der Waals surface area (Å²) in [4.78, 5) is 12.3. The first kappa shape index (κ1) is 14.8. The average Bonchev–Trinajstić information content (AvgIpc) is 2.48. The van der Waals surface area contributed by atoms with Gasteiger partial charge in [-0.1, -0.05) is 30.0 Å². The molecule has 3 N–H and O–H groups in total. The van der Waals surface area contributed by atoms with E-state index in [-0.39, 0.29) is 5.91 Å². The van der Waals surface area contributed by atoms with Gasteiger partial charge in [-0.2, -0.15) is 0 Å². The number of hydrogen-bond donors (Lipinski definition) is 2. The summed E-state index contributed by atoms with van der Waals surface area (Å²) in [5, 5.41) is 2.94. The molecule has 0 unspecified atom stereocenters. The minimum atomic E-state index is -0.100. The highest BCUT2D eigenvalue weighted by Gasteiger charge is 2.09. The third-order valence-electron chi connectivity index (χ3n) is 3.20. The van der Waals surface area contributed by atoms with E-state index in [1.54, 1.807) is 0 Å². The maximum Gasteiger partial charge on any atom is 0.255 e. The lowest BCUT2D eigenvalue weighted by Crippen LogP contribution is -2.14. The number of amides is 1. The van der Waals surface area contributed by atoms with E-state index < -0.39 is 0 Å². The van der Waals surface area contributed by atoms with Crippen LogP contribution in [-0.2, 0) is 0 Å². The summed E-state index contributed by atoms with van der Waals surface area (Å²) in [6, 6.07) is 13.2. The van der Waals surface area contributed by atoms with Crippen LogP contribution in [0.3, 0.4) is 0 Å². The summed E-state index contributed by atoms with van der Waals surface area (Å²) >= 11 is 0. The van der Waals surface area contributed by atoms with Gasteiger partial charge in [-0.3, -0.25) is 4.79 Å². The molecule has 0 aliphatic rings. The van der Waals surface area contributed by atoms with E-state index in [2.05, 4.69) is 17.2 Å². The average molecular weight is 278 g/mol. The summed E-state index contributed by atoms with van der Waals surface area (Å²) in [6.45, 7) is 4.21. The monoisotopic (exact) mass is 278 g/mol. The second kappa shape index (κ2) is 6.74. The van der Waals surface area contributed by atoms with Crippen LogP contribution in [0.4, 0.5) is 5.69 Å². The first-order chi connectivity index (χ1) is 10.1. The van der Waals surface area contributed by atoms with E-state index >= 15 is 0 Å². The van der Waals surface area contributed by atoms with E-state index in [4.69, 9.17) is 5.73 Å².